The molecule has 1 fully saturated rings. The van der Waals surface area contributed by atoms with Crippen molar-refractivity contribution >= 4 is 29.2 Å². The lowest BCUT2D eigenvalue weighted by atomic mass is 10.1. The monoisotopic (exact) mass is 323 g/mol. The van der Waals surface area contributed by atoms with E-state index in [2.05, 4.69) is 10.1 Å². The molecule has 1 unspecified atom stereocenters. The first kappa shape index (κ1) is 15.5. The molecule has 1 aromatic rings. The van der Waals surface area contributed by atoms with Crippen LogP contribution in [0.3, 0.4) is 0 Å². The summed E-state index contributed by atoms with van der Waals surface area (Å²) in [7, 11) is 0. The molecule has 1 atom stereocenters. The number of nitrogens with one attached hydrogen (secondary N) is 1. The van der Waals surface area contributed by atoms with Crippen LogP contribution in [0, 0.1) is 0 Å². The maximum atomic E-state index is 12.9. The van der Waals surface area contributed by atoms with Crippen LogP contribution in [0.2, 0.25) is 10.0 Å². The molecule has 1 aliphatic rings. The van der Waals surface area contributed by atoms with Gasteiger partial charge in [0.25, 0.3) is 0 Å². The normalized spacial score (nSPS) is 21.0. The summed E-state index contributed by atoms with van der Waals surface area (Å²) >= 11 is 11.8. The highest BCUT2D eigenvalue weighted by Gasteiger charge is 2.50. The van der Waals surface area contributed by atoms with Crippen LogP contribution in [0.25, 0.3) is 0 Å². The fraction of sp³-hybridized carbons (Fsp3) is 0.462. The molecular weight excluding hydrogens is 311 g/mol. The van der Waals surface area contributed by atoms with E-state index in [1.807, 2.05) is 6.07 Å². The zero-order valence-electron chi connectivity index (χ0n) is 10.5. The molecule has 0 saturated carbocycles. The van der Waals surface area contributed by atoms with Crippen LogP contribution in [0.15, 0.2) is 18.2 Å². The second-order valence-electron chi connectivity index (χ2n) is 4.63. The average Bonchev–Trinajstić information content (AvgIpc) is 2.61. The molecule has 0 aromatic heterocycles. The summed E-state index contributed by atoms with van der Waals surface area (Å²) in [6, 6.07) is 5.20. The lowest BCUT2D eigenvalue weighted by Gasteiger charge is -2.10. The summed E-state index contributed by atoms with van der Waals surface area (Å²) in [5.41, 5.74) is 0.914. The minimum absolute atomic E-state index is 0.201. The van der Waals surface area contributed by atoms with Crippen LogP contribution in [-0.2, 0) is 16.0 Å². The van der Waals surface area contributed by atoms with Crippen molar-refractivity contribution in [2.75, 3.05) is 13.1 Å². The van der Waals surface area contributed by atoms with Gasteiger partial charge in [-0.15, -0.1) is 0 Å². The van der Waals surface area contributed by atoms with Gasteiger partial charge in [0, 0.05) is 16.6 Å². The van der Waals surface area contributed by atoms with E-state index in [1.165, 1.54) is 0 Å². The second kappa shape index (κ2) is 6.24. The van der Waals surface area contributed by atoms with Gasteiger partial charge in [-0.1, -0.05) is 29.3 Å². The van der Waals surface area contributed by atoms with Gasteiger partial charge in [0.1, 0.15) is 6.10 Å². The number of rotatable bonds is 5. The Hall–Kier alpha value is -0.910. The van der Waals surface area contributed by atoms with Crippen molar-refractivity contribution in [3.63, 3.8) is 0 Å². The molecule has 7 heteroatoms. The summed E-state index contributed by atoms with van der Waals surface area (Å²) < 4.78 is 30.4. The molecule has 2 rings (SSSR count). The second-order valence-corrected chi connectivity index (χ2v) is 5.47. The summed E-state index contributed by atoms with van der Waals surface area (Å²) in [4.78, 5) is 10.8. The molecule has 0 spiro atoms. The largest absolute Gasteiger partial charge is 0.456 e. The van der Waals surface area contributed by atoms with Crippen LogP contribution < -0.4 is 5.32 Å². The summed E-state index contributed by atoms with van der Waals surface area (Å²) in [5, 5.41) is 4.10. The lowest BCUT2D eigenvalue weighted by Crippen LogP contribution is -2.28. The molecule has 1 heterocycles. The smallest absolute Gasteiger partial charge is 0.377 e. The number of benzene rings is 1. The molecule has 1 saturated heterocycles. The number of ether oxygens (including phenoxy) is 1. The molecule has 1 aliphatic heterocycles. The fourth-order valence-corrected chi connectivity index (χ4v) is 2.48. The predicted octanol–water partition coefficient (Wildman–Crippen LogP) is 3.08. The Bertz CT molecular complexity index is 511. The van der Waals surface area contributed by atoms with E-state index < -0.39 is 24.4 Å². The summed E-state index contributed by atoms with van der Waals surface area (Å²) in [5.74, 6) is -4.80. The predicted molar refractivity (Wildman–Crippen MR) is 72.5 cm³/mol. The van der Waals surface area contributed by atoms with Crippen molar-refractivity contribution in [1.82, 2.24) is 5.32 Å². The Morgan fingerprint density at radius 3 is 2.75 bits per heavy atom. The van der Waals surface area contributed by atoms with E-state index in [0.717, 1.165) is 5.56 Å². The highest BCUT2D eigenvalue weighted by Crippen LogP contribution is 2.30. The molecule has 1 aromatic carbocycles. The van der Waals surface area contributed by atoms with Gasteiger partial charge in [-0.05, 0) is 30.7 Å². The molecule has 3 nitrogen and oxygen atoms in total. The van der Waals surface area contributed by atoms with Crippen LogP contribution in [0.4, 0.5) is 8.78 Å². The van der Waals surface area contributed by atoms with Gasteiger partial charge >= 0.3 is 11.9 Å². The van der Waals surface area contributed by atoms with Crippen molar-refractivity contribution in [3.05, 3.63) is 33.8 Å². The highest BCUT2D eigenvalue weighted by molar-refractivity contribution is 6.35. The molecule has 110 valence electrons. The van der Waals surface area contributed by atoms with Crippen LogP contribution in [0.5, 0.6) is 0 Å². The van der Waals surface area contributed by atoms with E-state index in [9.17, 15) is 13.6 Å². The average molecular weight is 324 g/mol. The van der Waals surface area contributed by atoms with E-state index in [0.29, 0.717) is 23.0 Å². The Morgan fingerprint density at radius 1 is 1.40 bits per heavy atom. The molecular formula is C13H13Cl2F2NO2. The number of esters is 1. The van der Waals surface area contributed by atoms with E-state index >= 15 is 0 Å². The van der Waals surface area contributed by atoms with Crippen LogP contribution in [0.1, 0.15) is 12.0 Å². The number of halogens is 4. The summed E-state index contributed by atoms with van der Waals surface area (Å²) in [6.45, 7) is 0.744. The van der Waals surface area contributed by atoms with Gasteiger partial charge in [-0.25, -0.2) is 4.79 Å². The molecule has 0 amide bonds. The van der Waals surface area contributed by atoms with Crippen molar-refractivity contribution in [2.45, 2.75) is 24.9 Å². The first-order chi connectivity index (χ1) is 9.38. The van der Waals surface area contributed by atoms with Crippen molar-refractivity contribution in [3.8, 4) is 0 Å². The van der Waals surface area contributed by atoms with Crippen molar-refractivity contribution in [2.24, 2.45) is 0 Å². The van der Waals surface area contributed by atoms with Gasteiger partial charge < -0.3 is 10.1 Å². The molecule has 0 aliphatic carbocycles. The van der Waals surface area contributed by atoms with E-state index in [4.69, 9.17) is 23.2 Å². The maximum absolute atomic E-state index is 12.9. The molecule has 0 bridgehead atoms. The minimum atomic E-state index is -3.36. The summed E-state index contributed by atoms with van der Waals surface area (Å²) in [6.07, 6.45) is -0.716. The first-order valence-corrected chi connectivity index (χ1v) is 6.87. The first-order valence-electron chi connectivity index (χ1n) is 6.12. The SMILES string of the molecule is O=C1OC(CNCCc2ccc(Cl)cc2Cl)CC1(F)F. The Balaban J connectivity index is 1.73. The number of carbonyl (C=O) groups excluding carboxylic acids is 1. The highest BCUT2D eigenvalue weighted by atomic mass is 35.5. The number of carbonyl (C=O) groups is 1. The van der Waals surface area contributed by atoms with E-state index in [1.54, 1.807) is 12.1 Å². The van der Waals surface area contributed by atoms with Gasteiger partial charge in [-0.3, -0.25) is 0 Å². The quantitative estimate of drug-likeness (QED) is 0.668. The zero-order chi connectivity index (χ0) is 14.8. The van der Waals surface area contributed by atoms with Gasteiger partial charge in [0.05, 0.1) is 6.42 Å². The topological polar surface area (TPSA) is 38.3 Å². The van der Waals surface area contributed by atoms with Crippen LogP contribution in [-0.4, -0.2) is 31.1 Å². The van der Waals surface area contributed by atoms with Crippen molar-refractivity contribution in [1.29, 1.82) is 0 Å². The third kappa shape index (κ3) is 3.81. The Labute approximate surface area is 125 Å². The molecule has 1 N–H and O–H groups in total. The number of hydrogen-bond donors (Lipinski definition) is 1. The molecule has 20 heavy (non-hydrogen) atoms. The molecule has 0 radical (unpaired) electrons. The van der Waals surface area contributed by atoms with Crippen LogP contribution >= 0.6 is 23.2 Å². The number of alkyl halides is 2. The van der Waals surface area contributed by atoms with Gasteiger partial charge in [0.2, 0.25) is 0 Å². The fourth-order valence-electron chi connectivity index (χ4n) is 1.97. The lowest BCUT2D eigenvalue weighted by molar-refractivity contribution is -0.158. The number of cyclic esters (lactones) is 1. The standard InChI is InChI=1S/C13H13Cl2F2NO2/c14-9-2-1-8(11(15)5-9)3-4-18-7-10-6-13(16,17)12(19)20-10/h1-2,5,10,18H,3-4,6-7H2. The Morgan fingerprint density at radius 2 is 2.15 bits per heavy atom. The number of hydrogen-bond acceptors (Lipinski definition) is 3. The van der Waals surface area contributed by atoms with Gasteiger partial charge in [0.15, 0.2) is 0 Å². The third-order valence-electron chi connectivity index (χ3n) is 3.01. The Kier molecular flexibility index (Phi) is 4.83. The zero-order valence-corrected chi connectivity index (χ0v) is 12.0. The maximum Gasteiger partial charge on any atom is 0.377 e. The van der Waals surface area contributed by atoms with Crippen molar-refractivity contribution < 1.29 is 18.3 Å². The third-order valence-corrected chi connectivity index (χ3v) is 3.60. The van der Waals surface area contributed by atoms with Gasteiger partial charge in [-0.2, -0.15) is 8.78 Å². The minimum Gasteiger partial charge on any atom is -0.456 e. The van der Waals surface area contributed by atoms with E-state index in [-0.39, 0.29) is 6.54 Å².